The zero-order chi connectivity index (χ0) is 28.8. The molecule has 2 heterocycles. The van der Waals surface area contributed by atoms with Crippen LogP contribution in [0.4, 0.5) is 11.4 Å². The molecule has 0 unspecified atom stereocenters. The second-order valence-electron chi connectivity index (χ2n) is 11.7. The molecule has 2 aromatic carbocycles. The number of nitrogens with zero attached hydrogens (tertiary/aromatic N) is 4. The maximum atomic E-state index is 5.00. The van der Waals surface area contributed by atoms with Gasteiger partial charge in [0.25, 0.3) is 0 Å². The predicted octanol–water partition coefficient (Wildman–Crippen LogP) is 11.8. The van der Waals surface area contributed by atoms with E-state index in [0.29, 0.717) is 23.7 Å². The summed E-state index contributed by atoms with van der Waals surface area (Å²) in [6.45, 7) is 18.0. The molecule has 0 N–H and O–H groups in total. The first-order valence-corrected chi connectivity index (χ1v) is 14.4. The van der Waals surface area contributed by atoms with Gasteiger partial charge < -0.3 is 0 Å². The standard InChI is InChI=1S/C36H42N4.4ClH.2Cu/c1-23(2)31-17-27(18-32(24(3)4)35(31)39-21-29-13-9-11-15-37-29)28-19-33(25(5)6)36(34(20-28)26(7)8)40-22-30-14-10-12-16-38-30;;;;;;/h9-26H,1-8H3;4*1H;;. The van der Waals surface area contributed by atoms with Crippen LogP contribution in [0.25, 0.3) is 11.1 Å². The molecule has 0 spiro atoms. The van der Waals surface area contributed by atoms with Crippen LogP contribution in [0.1, 0.15) is 113 Å². The predicted molar refractivity (Wildman–Crippen MR) is 200 cm³/mol. The van der Waals surface area contributed by atoms with Crippen LogP contribution in [0.2, 0.25) is 0 Å². The molecule has 0 fully saturated rings. The topological polar surface area (TPSA) is 50.5 Å². The van der Waals surface area contributed by atoms with Crippen LogP contribution >= 0.6 is 49.6 Å². The van der Waals surface area contributed by atoms with Gasteiger partial charge in [0.05, 0.1) is 35.2 Å². The summed E-state index contributed by atoms with van der Waals surface area (Å²) in [4.78, 5) is 18.9. The first kappa shape index (κ1) is 48.7. The minimum atomic E-state index is 0. The van der Waals surface area contributed by atoms with E-state index in [1.807, 2.05) is 48.8 Å². The molecule has 260 valence electrons. The van der Waals surface area contributed by atoms with Gasteiger partial charge in [0.2, 0.25) is 0 Å². The number of pyridine rings is 2. The summed E-state index contributed by atoms with van der Waals surface area (Å²) in [7, 11) is 0. The Hall–Kier alpha value is -1.72. The van der Waals surface area contributed by atoms with Gasteiger partial charge >= 0.3 is 0 Å². The molecule has 46 heavy (non-hydrogen) atoms. The Morgan fingerprint density at radius 1 is 0.478 bits per heavy atom. The molecule has 4 rings (SSSR count). The van der Waals surface area contributed by atoms with Gasteiger partial charge in [-0.05, 0) is 106 Å². The number of aliphatic imine (C=N–C) groups is 2. The molecule has 10 heteroatoms. The van der Waals surface area contributed by atoms with Gasteiger partial charge in [0, 0.05) is 46.5 Å². The van der Waals surface area contributed by atoms with Crippen LogP contribution in [0.3, 0.4) is 0 Å². The molecule has 0 saturated carbocycles. The van der Waals surface area contributed by atoms with E-state index < -0.39 is 0 Å². The van der Waals surface area contributed by atoms with Crippen molar-refractivity contribution in [2.75, 3.05) is 0 Å². The van der Waals surface area contributed by atoms with E-state index in [1.165, 1.54) is 33.4 Å². The monoisotopic (exact) mass is 800 g/mol. The molecule has 2 aromatic heterocycles. The maximum absolute atomic E-state index is 5.00. The van der Waals surface area contributed by atoms with Crippen molar-refractivity contribution in [1.82, 2.24) is 9.97 Å². The third-order valence-electron chi connectivity index (χ3n) is 7.19. The van der Waals surface area contributed by atoms with E-state index in [2.05, 4.69) is 89.6 Å². The number of hydrogen-bond donors (Lipinski definition) is 0. The largest absolute Gasteiger partial charge is 0.255 e. The number of aromatic nitrogens is 2. The molecule has 0 aliphatic carbocycles. The summed E-state index contributed by atoms with van der Waals surface area (Å²) in [6, 6.07) is 21.2. The smallest absolute Gasteiger partial charge is 0.0812 e. The Bertz CT molecular complexity index is 1340. The maximum Gasteiger partial charge on any atom is 0.0812 e. The summed E-state index contributed by atoms with van der Waals surface area (Å²) in [5, 5.41) is 0. The van der Waals surface area contributed by atoms with Crippen LogP contribution in [0.5, 0.6) is 0 Å². The van der Waals surface area contributed by atoms with Gasteiger partial charge in [0.15, 0.2) is 0 Å². The van der Waals surface area contributed by atoms with Crippen molar-refractivity contribution in [3.05, 3.63) is 107 Å². The minimum Gasteiger partial charge on any atom is -0.255 e. The molecular formula is C36H46Cl4Cu2N4. The third-order valence-corrected chi connectivity index (χ3v) is 7.19. The Balaban J connectivity index is -0.00000308. The van der Waals surface area contributed by atoms with Crippen molar-refractivity contribution in [3.63, 3.8) is 0 Å². The first-order valence-electron chi connectivity index (χ1n) is 14.4. The fraction of sp³-hybridized carbons (Fsp3) is 0.333. The molecule has 0 aliphatic rings. The zero-order valence-corrected chi connectivity index (χ0v) is 32.6. The van der Waals surface area contributed by atoms with Gasteiger partial charge in [0.1, 0.15) is 0 Å². The summed E-state index contributed by atoms with van der Waals surface area (Å²) < 4.78 is 0. The minimum absolute atomic E-state index is 0. The first-order chi connectivity index (χ1) is 19.2. The van der Waals surface area contributed by atoms with Gasteiger partial charge in [-0.3, -0.25) is 20.0 Å². The number of rotatable bonds is 9. The Labute approximate surface area is 322 Å². The van der Waals surface area contributed by atoms with Crippen molar-refractivity contribution in [2.24, 2.45) is 9.98 Å². The Morgan fingerprint density at radius 3 is 0.978 bits per heavy atom. The zero-order valence-electron chi connectivity index (χ0n) is 27.4. The molecule has 4 aromatic rings. The number of benzene rings is 2. The summed E-state index contributed by atoms with van der Waals surface area (Å²) >= 11 is 0. The van der Waals surface area contributed by atoms with Crippen molar-refractivity contribution in [1.29, 1.82) is 0 Å². The summed E-state index contributed by atoms with van der Waals surface area (Å²) in [5.41, 5.74) is 11.3. The van der Waals surface area contributed by atoms with Crippen LogP contribution in [0.15, 0.2) is 83.0 Å². The molecule has 0 amide bonds. The van der Waals surface area contributed by atoms with Crippen LogP contribution in [-0.2, 0) is 34.1 Å². The molecular weight excluding hydrogens is 757 g/mol. The summed E-state index contributed by atoms with van der Waals surface area (Å²) in [6.07, 6.45) is 7.38. The number of halogens is 4. The van der Waals surface area contributed by atoms with Crippen LogP contribution in [0, 0.1) is 0 Å². The van der Waals surface area contributed by atoms with E-state index in [1.54, 1.807) is 12.4 Å². The summed E-state index contributed by atoms with van der Waals surface area (Å²) in [5.74, 6) is 1.30. The third kappa shape index (κ3) is 12.4. The van der Waals surface area contributed by atoms with Crippen molar-refractivity contribution < 1.29 is 34.1 Å². The average molecular weight is 804 g/mol. The molecule has 4 nitrogen and oxygen atoms in total. The second-order valence-corrected chi connectivity index (χ2v) is 11.7. The second kappa shape index (κ2) is 22.8. The normalized spacial score (nSPS) is 10.6. The number of hydrogen-bond acceptors (Lipinski definition) is 4. The Morgan fingerprint density at radius 2 is 0.761 bits per heavy atom. The molecule has 0 bridgehead atoms. The van der Waals surface area contributed by atoms with Crippen LogP contribution < -0.4 is 0 Å². The molecule has 0 atom stereocenters. The van der Waals surface area contributed by atoms with Crippen LogP contribution in [-0.4, -0.2) is 22.4 Å². The van der Waals surface area contributed by atoms with Crippen molar-refractivity contribution >= 4 is 73.4 Å². The van der Waals surface area contributed by atoms with E-state index in [4.69, 9.17) is 9.98 Å². The van der Waals surface area contributed by atoms with Crippen molar-refractivity contribution in [3.8, 4) is 11.1 Å². The van der Waals surface area contributed by atoms with Crippen molar-refractivity contribution in [2.45, 2.75) is 79.1 Å². The van der Waals surface area contributed by atoms with E-state index >= 15 is 0 Å². The van der Waals surface area contributed by atoms with Gasteiger partial charge in [-0.1, -0.05) is 67.5 Å². The molecule has 0 saturated heterocycles. The molecule has 2 radical (unpaired) electrons. The van der Waals surface area contributed by atoms with E-state index in [9.17, 15) is 0 Å². The van der Waals surface area contributed by atoms with Gasteiger partial charge in [-0.25, -0.2) is 0 Å². The van der Waals surface area contributed by atoms with E-state index in [0.717, 1.165) is 22.8 Å². The fourth-order valence-corrected chi connectivity index (χ4v) is 4.92. The quantitative estimate of drug-likeness (QED) is 0.125. The van der Waals surface area contributed by atoms with Gasteiger partial charge in [-0.2, -0.15) is 0 Å². The van der Waals surface area contributed by atoms with Gasteiger partial charge in [-0.15, -0.1) is 49.6 Å². The SMILES string of the molecule is CC(C)c1cc(-c2cc(C(C)C)c(N=Cc3ccccn3)c(C(C)C)c2)cc(C(C)C)c1N=Cc1ccccn1.Cl.Cl.Cl.Cl.[Cu].[Cu]. The van der Waals surface area contributed by atoms with E-state index in [-0.39, 0.29) is 83.8 Å². The average Bonchev–Trinajstić information content (AvgIpc) is 2.95. The molecule has 0 aliphatic heterocycles. The fourth-order valence-electron chi connectivity index (χ4n) is 4.92. The Kier molecular flexibility index (Phi) is 24.1.